The van der Waals surface area contributed by atoms with Crippen LogP contribution in [0.5, 0.6) is 0 Å². The number of morpholine rings is 1. The molecule has 38 heavy (non-hydrogen) atoms. The van der Waals surface area contributed by atoms with Gasteiger partial charge in [-0.2, -0.15) is 9.41 Å². The number of hydrogen-bond acceptors (Lipinski definition) is 7. The van der Waals surface area contributed by atoms with E-state index in [0.29, 0.717) is 42.7 Å². The molecule has 0 spiro atoms. The van der Waals surface area contributed by atoms with Gasteiger partial charge in [0.05, 0.1) is 23.8 Å². The average Bonchev–Trinajstić information content (AvgIpc) is 3.57. The fourth-order valence-electron chi connectivity index (χ4n) is 4.62. The number of allylic oxidation sites excluding steroid dienone is 2. The summed E-state index contributed by atoms with van der Waals surface area (Å²) in [7, 11) is -3.56. The Morgan fingerprint density at radius 1 is 1.03 bits per heavy atom. The van der Waals surface area contributed by atoms with Crippen molar-refractivity contribution in [1.29, 1.82) is 0 Å². The lowest BCUT2D eigenvalue weighted by Gasteiger charge is -2.26. The molecule has 0 amide bonds. The third-order valence-electron chi connectivity index (χ3n) is 6.74. The van der Waals surface area contributed by atoms with Crippen LogP contribution in [-0.2, 0) is 14.8 Å². The van der Waals surface area contributed by atoms with Gasteiger partial charge in [0, 0.05) is 30.1 Å². The van der Waals surface area contributed by atoms with Crippen LogP contribution in [0, 0.1) is 5.92 Å². The van der Waals surface area contributed by atoms with E-state index in [4.69, 9.17) is 19.2 Å². The van der Waals surface area contributed by atoms with E-state index in [0.717, 1.165) is 41.7 Å². The zero-order valence-corrected chi connectivity index (χ0v) is 22.4. The number of nitrogens with zero attached hydrogens (tertiary/aromatic N) is 4. The van der Waals surface area contributed by atoms with Crippen LogP contribution < -0.4 is 4.80 Å². The molecule has 10 heteroatoms. The third-order valence-corrected chi connectivity index (χ3v) is 9.46. The molecule has 1 unspecified atom stereocenters. The quantitative estimate of drug-likeness (QED) is 0.238. The Hall–Kier alpha value is -3.31. The molecular weight excluding hydrogens is 520 g/mol. The molecule has 4 aromatic rings. The van der Waals surface area contributed by atoms with Crippen molar-refractivity contribution in [3.8, 4) is 11.5 Å². The van der Waals surface area contributed by atoms with Gasteiger partial charge < -0.3 is 9.15 Å². The molecule has 1 saturated heterocycles. The Balaban J connectivity index is 1.36. The van der Waals surface area contributed by atoms with Crippen LogP contribution in [0.1, 0.15) is 19.3 Å². The van der Waals surface area contributed by atoms with Gasteiger partial charge in [-0.05, 0) is 61.6 Å². The highest BCUT2D eigenvalue weighted by atomic mass is 32.2. The van der Waals surface area contributed by atoms with Gasteiger partial charge in [-0.25, -0.2) is 18.1 Å². The van der Waals surface area contributed by atoms with E-state index in [1.807, 2.05) is 46.6 Å². The first kappa shape index (κ1) is 25.0. The molecule has 6 rings (SSSR count). The van der Waals surface area contributed by atoms with E-state index in [-0.39, 0.29) is 4.90 Å². The minimum absolute atomic E-state index is 0.253. The van der Waals surface area contributed by atoms with Crippen molar-refractivity contribution >= 4 is 44.2 Å². The normalized spacial score (nSPS) is 19.6. The number of furan rings is 1. The molecule has 2 aliphatic rings. The topological polar surface area (TPSA) is 89.4 Å². The number of hydrogen-bond donors (Lipinski definition) is 0. The molecule has 0 bridgehead atoms. The lowest BCUT2D eigenvalue weighted by molar-refractivity contribution is 0.0730. The van der Waals surface area contributed by atoms with Crippen LogP contribution in [0.15, 0.2) is 91.5 Å². The first-order chi connectivity index (χ1) is 18.6. The van der Waals surface area contributed by atoms with Crippen LogP contribution in [0.3, 0.4) is 0 Å². The van der Waals surface area contributed by atoms with E-state index in [1.165, 1.54) is 15.6 Å². The van der Waals surface area contributed by atoms with Crippen molar-refractivity contribution in [2.24, 2.45) is 16.0 Å². The second-order valence-corrected chi connectivity index (χ2v) is 12.1. The number of fused-ring (bicyclic) bond motifs is 1. The van der Waals surface area contributed by atoms with Crippen LogP contribution in [0.25, 0.3) is 22.4 Å². The minimum Gasteiger partial charge on any atom is -0.454 e. The molecule has 0 N–H and O–H groups in total. The number of thiazole rings is 1. The molecule has 8 nitrogen and oxygen atoms in total. The second-order valence-electron chi connectivity index (χ2n) is 9.30. The number of para-hydroxylation sites is 1. The van der Waals surface area contributed by atoms with E-state index in [9.17, 15) is 8.42 Å². The summed E-state index contributed by atoms with van der Waals surface area (Å²) in [6, 6.07) is 16.6. The Labute approximate surface area is 225 Å². The van der Waals surface area contributed by atoms with Gasteiger partial charge in [-0.15, -0.1) is 11.3 Å². The monoisotopic (exact) mass is 548 g/mol. The van der Waals surface area contributed by atoms with Gasteiger partial charge in [-0.3, -0.25) is 0 Å². The predicted octanol–water partition coefficient (Wildman–Crippen LogP) is 5.41. The first-order valence-electron chi connectivity index (χ1n) is 12.7. The van der Waals surface area contributed by atoms with Crippen LogP contribution >= 0.6 is 11.3 Å². The molecular formula is C28H28N4O4S2. The Morgan fingerprint density at radius 2 is 1.84 bits per heavy atom. The third kappa shape index (κ3) is 5.17. The van der Waals surface area contributed by atoms with Gasteiger partial charge in [0.1, 0.15) is 11.3 Å². The predicted molar refractivity (Wildman–Crippen MR) is 149 cm³/mol. The van der Waals surface area contributed by atoms with E-state index in [2.05, 4.69) is 12.2 Å². The van der Waals surface area contributed by atoms with E-state index in [1.54, 1.807) is 24.3 Å². The highest BCUT2D eigenvalue weighted by Crippen LogP contribution is 2.29. The lowest BCUT2D eigenvalue weighted by atomic mass is 9.96. The van der Waals surface area contributed by atoms with Crippen molar-refractivity contribution < 1.29 is 17.6 Å². The summed E-state index contributed by atoms with van der Waals surface area (Å²) >= 11 is 1.46. The highest BCUT2D eigenvalue weighted by Gasteiger charge is 2.26. The number of aromatic nitrogens is 1. The molecule has 0 saturated carbocycles. The first-order valence-corrected chi connectivity index (χ1v) is 15.0. The van der Waals surface area contributed by atoms with Crippen molar-refractivity contribution in [3.63, 3.8) is 0 Å². The SMILES string of the molecule is O=S(=O)(c1ccc(N=c2scc(-c3cc4ccccc4o3)n2N=CC2CC=CCC2)cc1)N1CCOCC1. The van der Waals surface area contributed by atoms with E-state index >= 15 is 0 Å². The van der Waals surface area contributed by atoms with Gasteiger partial charge >= 0.3 is 0 Å². The van der Waals surface area contributed by atoms with Crippen molar-refractivity contribution in [2.45, 2.75) is 24.2 Å². The van der Waals surface area contributed by atoms with Crippen LogP contribution in [0.2, 0.25) is 0 Å². The summed E-state index contributed by atoms with van der Waals surface area (Å²) < 4.78 is 40.7. The molecule has 2 aromatic heterocycles. The van der Waals surface area contributed by atoms with Gasteiger partial charge in [0.2, 0.25) is 14.8 Å². The molecule has 2 aromatic carbocycles. The maximum absolute atomic E-state index is 13.0. The van der Waals surface area contributed by atoms with E-state index < -0.39 is 10.0 Å². The molecule has 1 fully saturated rings. The van der Waals surface area contributed by atoms with Crippen LogP contribution in [0.4, 0.5) is 5.69 Å². The standard InChI is InChI=1S/C28H28N4O4S2/c33-38(34,31-14-16-35-17-15-31)24-12-10-23(11-13-24)30-28-32(29-19-21-6-2-1-3-7-21)25(20-37-28)27-18-22-8-4-5-9-26(22)36-27/h1-2,4-5,8-13,18-21H,3,6-7,14-17H2. The zero-order chi connectivity index (χ0) is 26.0. The molecule has 1 aliphatic carbocycles. The van der Waals surface area contributed by atoms with Gasteiger partial charge in [-0.1, -0.05) is 30.4 Å². The zero-order valence-electron chi connectivity index (χ0n) is 20.8. The largest absolute Gasteiger partial charge is 0.454 e. The number of benzene rings is 2. The van der Waals surface area contributed by atoms with Crippen molar-refractivity contribution in [2.75, 3.05) is 26.3 Å². The average molecular weight is 549 g/mol. The molecule has 3 heterocycles. The molecule has 196 valence electrons. The number of rotatable bonds is 6. The lowest BCUT2D eigenvalue weighted by Crippen LogP contribution is -2.40. The maximum Gasteiger partial charge on any atom is 0.243 e. The van der Waals surface area contributed by atoms with Gasteiger partial charge in [0.15, 0.2) is 5.76 Å². The number of sulfonamides is 1. The highest BCUT2D eigenvalue weighted by molar-refractivity contribution is 7.89. The van der Waals surface area contributed by atoms with Crippen LogP contribution in [-0.4, -0.2) is 49.9 Å². The number of ether oxygens (including phenoxy) is 1. The van der Waals surface area contributed by atoms with Gasteiger partial charge in [0.25, 0.3) is 0 Å². The summed E-state index contributed by atoms with van der Waals surface area (Å²) in [5.41, 5.74) is 2.28. The molecule has 1 atom stereocenters. The summed E-state index contributed by atoms with van der Waals surface area (Å²) in [5.74, 6) is 1.09. The second kappa shape index (κ2) is 10.8. The Bertz CT molecular complexity index is 1620. The summed E-state index contributed by atoms with van der Waals surface area (Å²) in [4.78, 5) is 5.75. The fraction of sp³-hybridized carbons (Fsp3) is 0.286. The molecule has 0 radical (unpaired) electrons. The minimum atomic E-state index is -3.56. The Kier molecular flexibility index (Phi) is 7.12. The summed E-state index contributed by atoms with van der Waals surface area (Å²) in [5, 5.41) is 7.87. The fourth-order valence-corrected chi connectivity index (χ4v) is 6.86. The van der Waals surface area contributed by atoms with Crippen molar-refractivity contribution in [1.82, 2.24) is 8.98 Å². The molecule has 1 aliphatic heterocycles. The maximum atomic E-state index is 13.0. The summed E-state index contributed by atoms with van der Waals surface area (Å²) in [6.07, 6.45) is 9.51. The van der Waals surface area contributed by atoms with Crippen molar-refractivity contribution in [3.05, 3.63) is 76.9 Å². The summed E-state index contributed by atoms with van der Waals surface area (Å²) in [6.45, 7) is 1.55. The Morgan fingerprint density at radius 3 is 2.61 bits per heavy atom. The smallest absolute Gasteiger partial charge is 0.243 e.